The molecule has 0 aromatic heterocycles. The predicted octanol–water partition coefficient (Wildman–Crippen LogP) is 3.01. The predicted molar refractivity (Wildman–Crippen MR) is 85.7 cm³/mol. The van der Waals surface area contributed by atoms with E-state index in [0.717, 1.165) is 44.0 Å². The Morgan fingerprint density at radius 1 is 1.00 bits per heavy atom. The molecule has 0 aliphatic carbocycles. The van der Waals surface area contributed by atoms with E-state index >= 15 is 0 Å². The van der Waals surface area contributed by atoms with Gasteiger partial charge in [0.15, 0.2) is 0 Å². The van der Waals surface area contributed by atoms with Crippen molar-refractivity contribution in [1.82, 2.24) is 4.90 Å². The number of piperazine rings is 1. The van der Waals surface area contributed by atoms with Crippen LogP contribution in [0.1, 0.15) is 25.7 Å². The third kappa shape index (κ3) is 4.97. The van der Waals surface area contributed by atoms with Crippen molar-refractivity contribution in [2.45, 2.75) is 25.7 Å². The van der Waals surface area contributed by atoms with E-state index in [2.05, 4.69) is 15.9 Å². The second-order valence-corrected chi connectivity index (χ2v) is 5.88. The van der Waals surface area contributed by atoms with E-state index in [0.29, 0.717) is 6.61 Å². The highest BCUT2D eigenvalue weighted by atomic mass is 35.5. The molecule has 4 heteroatoms. The second kappa shape index (κ2) is 8.50. The van der Waals surface area contributed by atoms with E-state index in [1.54, 1.807) is 0 Å². The summed E-state index contributed by atoms with van der Waals surface area (Å²) in [6.45, 7) is 5.94. The average Bonchev–Trinajstić information content (AvgIpc) is 2.48. The minimum atomic E-state index is 0.332. The fourth-order valence-corrected chi connectivity index (χ4v) is 2.89. The summed E-state index contributed by atoms with van der Waals surface area (Å²) in [5, 5.41) is 9.56. The Labute approximate surface area is 127 Å². The molecule has 1 aromatic rings. The topological polar surface area (TPSA) is 26.7 Å². The molecule has 3 nitrogen and oxygen atoms in total. The number of hydrogen-bond donors (Lipinski definition) is 1. The monoisotopic (exact) mass is 296 g/mol. The molecule has 20 heavy (non-hydrogen) atoms. The van der Waals surface area contributed by atoms with Gasteiger partial charge in [-0.05, 0) is 37.6 Å². The van der Waals surface area contributed by atoms with Gasteiger partial charge in [-0.1, -0.05) is 30.5 Å². The van der Waals surface area contributed by atoms with Gasteiger partial charge in [0.1, 0.15) is 0 Å². The van der Waals surface area contributed by atoms with Gasteiger partial charge in [-0.3, -0.25) is 4.90 Å². The zero-order valence-corrected chi connectivity index (χ0v) is 12.9. The van der Waals surface area contributed by atoms with Gasteiger partial charge in [-0.25, -0.2) is 0 Å². The summed E-state index contributed by atoms with van der Waals surface area (Å²) in [5.74, 6) is 0. The first-order chi connectivity index (χ1) is 9.79. The lowest BCUT2D eigenvalue weighted by Gasteiger charge is -2.36. The molecule has 1 heterocycles. The van der Waals surface area contributed by atoms with E-state index in [4.69, 9.17) is 16.7 Å². The molecule has 0 unspecified atom stereocenters. The van der Waals surface area contributed by atoms with E-state index in [9.17, 15) is 0 Å². The van der Waals surface area contributed by atoms with Crippen molar-refractivity contribution in [2.24, 2.45) is 0 Å². The van der Waals surface area contributed by atoms with Crippen molar-refractivity contribution in [3.8, 4) is 0 Å². The highest BCUT2D eigenvalue weighted by molar-refractivity contribution is 6.30. The largest absolute Gasteiger partial charge is 0.396 e. The number of anilines is 1. The minimum Gasteiger partial charge on any atom is -0.396 e. The molecule has 1 saturated heterocycles. The minimum absolute atomic E-state index is 0.332. The van der Waals surface area contributed by atoms with E-state index in [-0.39, 0.29) is 0 Å². The summed E-state index contributed by atoms with van der Waals surface area (Å²) < 4.78 is 0. The summed E-state index contributed by atoms with van der Waals surface area (Å²) in [7, 11) is 0. The van der Waals surface area contributed by atoms with Crippen LogP contribution in [0.2, 0.25) is 5.02 Å². The quantitative estimate of drug-likeness (QED) is 0.784. The fourth-order valence-electron chi connectivity index (χ4n) is 2.70. The van der Waals surface area contributed by atoms with Crippen molar-refractivity contribution >= 4 is 17.3 Å². The fraction of sp³-hybridized carbons (Fsp3) is 0.625. The number of aliphatic hydroxyl groups excluding tert-OH is 1. The van der Waals surface area contributed by atoms with E-state index in [1.165, 1.54) is 25.1 Å². The summed E-state index contributed by atoms with van der Waals surface area (Å²) in [6.07, 6.45) is 4.58. The maximum Gasteiger partial charge on any atom is 0.0431 e. The molecule has 2 rings (SSSR count). The van der Waals surface area contributed by atoms with Gasteiger partial charge in [-0.2, -0.15) is 0 Å². The lowest BCUT2D eigenvalue weighted by molar-refractivity contribution is 0.247. The maximum atomic E-state index is 8.75. The number of hydrogen-bond acceptors (Lipinski definition) is 3. The Hall–Kier alpha value is -0.770. The average molecular weight is 297 g/mol. The Kier molecular flexibility index (Phi) is 6.64. The molecule has 0 spiro atoms. The summed E-state index contributed by atoms with van der Waals surface area (Å²) >= 11 is 6.05. The molecule has 1 aromatic carbocycles. The third-order valence-electron chi connectivity index (χ3n) is 3.93. The molecule has 1 N–H and O–H groups in total. The van der Waals surface area contributed by atoms with Crippen LogP contribution in [-0.4, -0.2) is 49.3 Å². The number of nitrogens with zero attached hydrogens (tertiary/aromatic N) is 2. The van der Waals surface area contributed by atoms with Crippen molar-refractivity contribution in [2.75, 3.05) is 44.2 Å². The van der Waals surface area contributed by atoms with Gasteiger partial charge in [-0.15, -0.1) is 0 Å². The molecule has 0 radical (unpaired) electrons. The van der Waals surface area contributed by atoms with Crippen LogP contribution in [0, 0.1) is 0 Å². The Balaban J connectivity index is 1.67. The normalized spacial score (nSPS) is 16.6. The van der Waals surface area contributed by atoms with Crippen LogP contribution in [0.5, 0.6) is 0 Å². The van der Waals surface area contributed by atoms with Crippen molar-refractivity contribution in [3.63, 3.8) is 0 Å². The van der Waals surface area contributed by atoms with Crippen LogP contribution in [0.4, 0.5) is 5.69 Å². The van der Waals surface area contributed by atoms with Crippen LogP contribution in [0.15, 0.2) is 24.3 Å². The van der Waals surface area contributed by atoms with Crippen LogP contribution in [-0.2, 0) is 0 Å². The Morgan fingerprint density at radius 3 is 2.45 bits per heavy atom. The summed E-state index contributed by atoms with van der Waals surface area (Å²) in [5.41, 5.74) is 1.24. The standard InChI is InChI=1S/C16H25ClN2O/c17-15-6-5-7-16(14-15)19-11-9-18(10-12-19)8-3-1-2-4-13-20/h5-7,14,20H,1-4,8-13H2. The molecule has 1 aliphatic heterocycles. The molecule has 1 aliphatic rings. The second-order valence-electron chi connectivity index (χ2n) is 5.45. The van der Waals surface area contributed by atoms with Crippen LogP contribution < -0.4 is 4.90 Å². The molecular formula is C16H25ClN2O. The van der Waals surface area contributed by atoms with Crippen molar-refractivity contribution in [3.05, 3.63) is 29.3 Å². The molecule has 0 saturated carbocycles. The summed E-state index contributed by atoms with van der Waals surface area (Å²) in [4.78, 5) is 4.95. The van der Waals surface area contributed by atoms with E-state index < -0.39 is 0 Å². The molecule has 0 bridgehead atoms. The Bertz CT molecular complexity index is 392. The van der Waals surface area contributed by atoms with Gasteiger partial charge in [0.05, 0.1) is 0 Å². The lowest BCUT2D eigenvalue weighted by Crippen LogP contribution is -2.46. The Morgan fingerprint density at radius 2 is 1.75 bits per heavy atom. The van der Waals surface area contributed by atoms with Crippen LogP contribution >= 0.6 is 11.6 Å². The smallest absolute Gasteiger partial charge is 0.0431 e. The molecule has 0 atom stereocenters. The number of rotatable bonds is 7. The molecule has 112 valence electrons. The van der Waals surface area contributed by atoms with Gasteiger partial charge in [0.25, 0.3) is 0 Å². The highest BCUT2D eigenvalue weighted by Gasteiger charge is 2.16. The SMILES string of the molecule is OCCCCCCN1CCN(c2cccc(Cl)c2)CC1. The van der Waals surface area contributed by atoms with E-state index in [1.807, 2.05) is 18.2 Å². The summed E-state index contributed by atoms with van der Waals surface area (Å²) in [6, 6.07) is 8.13. The lowest BCUT2D eigenvalue weighted by atomic mass is 10.2. The van der Waals surface area contributed by atoms with Gasteiger partial charge in [0, 0.05) is 43.5 Å². The highest BCUT2D eigenvalue weighted by Crippen LogP contribution is 2.20. The zero-order valence-electron chi connectivity index (χ0n) is 12.1. The van der Waals surface area contributed by atoms with Gasteiger partial charge < -0.3 is 10.0 Å². The zero-order chi connectivity index (χ0) is 14.2. The van der Waals surface area contributed by atoms with Crippen LogP contribution in [0.3, 0.4) is 0 Å². The van der Waals surface area contributed by atoms with Gasteiger partial charge >= 0.3 is 0 Å². The van der Waals surface area contributed by atoms with Crippen LogP contribution in [0.25, 0.3) is 0 Å². The van der Waals surface area contributed by atoms with Crippen molar-refractivity contribution in [1.29, 1.82) is 0 Å². The van der Waals surface area contributed by atoms with Crippen molar-refractivity contribution < 1.29 is 5.11 Å². The first kappa shape index (κ1) is 15.6. The molecule has 0 amide bonds. The first-order valence-corrected chi connectivity index (χ1v) is 8.01. The maximum absolute atomic E-state index is 8.75. The first-order valence-electron chi connectivity index (χ1n) is 7.63. The molecule has 1 fully saturated rings. The number of benzene rings is 1. The third-order valence-corrected chi connectivity index (χ3v) is 4.16. The van der Waals surface area contributed by atoms with Gasteiger partial charge in [0.2, 0.25) is 0 Å². The molecular weight excluding hydrogens is 272 g/mol. The number of aliphatic hydroxyl groups is 1. The number of unbranched alkanes of at least 4 members (excludes halogenated alkanes) is 3. The number of halogens is 1.